The van der Waals surface area contributed by atoms with Crippen LogP contribution in [0.3, 0.4) is 0 Å². The zero-order valence-electron chi connectivity index (χ0n) is 15.7. The summed E-state index contributed by atoms with van der Waals surface area (Å²) < 4.78 is 5.89. The molecule has 0 spiro atoms. The normalized spacial score (nSPS) is 14.1. The summed E-state index contributed by atoms with van der Waals surface area (Å²) in [6.45, 7) is 4.23. The van der Waals surface area contributed by atoms with E-state index in [1.807, 2.05) is 19.1 Å². The fraction of sp³-hybridized carbons (Fsp3) is 0.333. The van der Waals surface area contributed by atoms with E-state index in [9.17, 15) is 9.59 Å². The second-order valence-electron chi connectivity index (χ2n) is 6.55. The molecule has 5 nitrogen and oxygen atoms in total. The first-order chi connectivity index (χ1) is 13.5. The molecule has 0 aromatic heterocycles. The van der Waals surface area contributed by atoms with E-state index < -0.39 is 0 Å². The van der Waals surface area contributed by atoms with Gasteiger partial charge >= 0.3 is 0 Å². The van der Waals surface area contributed by atoms with Gasteiger partial charge in [0.05, 0.1) is 5.56 Å². The number of amides is 2. The molecule has 0 bridgehead atoms. The van der Waals surface area contributed by atoms with Crippen LogP contribution in [0.15, 0.2) is 42.5 Å². The predicted molar refractivity (Wildman–Crippen MR) is 110 cm³/mol. The minimum atomic E-state index is -0.0959. The fourth-order valence-corrected chi connectivity index (χ4v) is 3.58. The molecule has 1 aliphatic heterocycles. The Balaban J connectivity index is 1.68. The van der Waals surface area contributed by atoms with Crippen molar-refractivity contribution in [2.24, 2.45) is 0 Å². The number of carbonyl (C=O) groups excluding carboxylic acids is 2. The molecule has 2 amide bonds. The standard InChI is InChI=1S/C21H22Cl2N2O3/c1-2-20(26)24-9-11-25(12-10-24)21(27)17-5-3-4-6-19(17)28-14-15-7-8-16(22)13-18(15)23/h3-8,13H,2,9-12,14H2,1H3. The highest BCUT2D eigenvalue weighted by Crippen LogP contribution is 2.25. The van der Waals surface area contributed by atoms with E-state index in [1.54, 1.807) is 40.1 Å². The predicted octanol–water partition coefficient (Wildman–Crippen LogP) is 4.27. The van der Waals surface area contributed by atoms with Crippen LogP contribution in [0.4, 0.5) is 0 Å². The van der Waals surface area contributed by atoms with Gasteiger partial charge in [-0.2, -0.15) is 0 Å². The maximum Gasteiger partial charge on any atom is 0.257 e. The summed E-state index contributed by atoms with van der Waals surface area (Å²) >= 11 is 12.1. The van der Waals surface area contributed by atoms with Crippen molar-refractivity contribution < 1.29 is 14.3 Å². The van der Waals surface area contributed by atoms with Crippen LogP contribution in [0.2, 0.25) is 10.0 Å². The van der Waals surface area contributed by atoms with Gasteiger partial charge in [-0.3, -0.25) is 9.59 Å². The first kappa shape index (κ1) is 20.5. The quantitative estimate of drug-likeness (QED) is 0.725. The number of para-hydroxylation sites is 1. The minimum absolute atomic E-state index is 0.0959. The molecular weight excluding hydrogens is 399 g/mol. The van der Waals surface area contributed by atoms with Crippen LogP contribution in [0.5, 0.6) is 5.75 Å². The number of benzene rings is 2. The monoisotopic (exact) mass is 420 g/mol. The fourth-order valence-electron chi connectivity index (χ4n) is 3.12. The average molecular weight is 421 g/mol. The maximum absolute atomic E-state index is 13.0. The molecule has 148 valence electrons. The third kappa shape index (κ3) is 4.78. The highest BCUT2D eigenvalue weighted by atomic mass is 35.5. The van der Waals surface area contributed by atoms with Gasteiger partial charge in [0.1, 0.15) is 12.4 Å². The molecule has 0 unspecified atom stereocenters. The van der Waals surface area contributed by atoms with Gasteiger partial charge in [0.2, 0.25) is 5.91 Å². The van der Waals surface area contributed by atoms with Crippen molar-refractivity contribution in [2.75, 3.05) is 26.2 Å². The summed E-state index contributed by atoms with van der Waals surface area (Å²) in [5.74, 6) is 0.530. The second kappa shape index (κ2) is 9.30. The Morgan fingerprint density at radius 1 is 1.00 bits per heavy atom. The van der Waals surface area contributed by atoms with Crippen LogP contribution in [-0.4, -0.2) is 47.8 Å². The van der Waals surface area contributed by atoms with Gasteiger partial charge in [0.25, 0.3) is 5.91 Å². The lowest BCUT2D eigenvalue weighted by atomic mass is 10.1. The van der Waals surface area contributed by atoms with Crippen molar-refractivity contribution in [1.29, 1.82) is 0 Å². The van der Waals surface area contributed by atoms with E-state index in [1.165, 1.54) is 0 Å². The van der Waals surface area contributed by atoms with Crippen molar-refractivity contribution in [3.05, 3.63) is 63.6 Å². The van der Waals surface area contributed by atoms with E-state index in [0.717, 1.165) is 5.56 Å². The van der Waals surface area contributed by atoms with Crippen molar-refractivity contribution in [3.8, 4) is 5.75 Å². The Morgan fingerprint density at radius 3 is 2.36 bits per heavy atom. The van der Waals surface area contributed by atoms with Crippen molar-refractivity contribution >= 4 is 35.0 Å². The van der Waals surface area contributed by atoms with Crippen molar-refractivity contribution in [1.82, 2.24) is 9.80 Å². The van der Waals surface area contributed by atoms with Gasteiger partial charge in [-0.25, -0.2) is 0 Å². The molecule has 7 heteroatoms. The highest BCUT2D eigenvalue weighted by Gasteiger charge is 2.25. The number of nitrogens with zero attached hydrogens (tertiary/aromatic N) is 2. The number of ether oxygens (including phenoxy) is 1. The Hall–Kier alpha value is -2.24. The number of rotatable bonds is 5. The Bertz CT molecular complexity index is 864. The molecular formula is C21H22Cl2N2O3. The second-order valence-corrected chi connectivity index (χ2v) is 7.39. The third-order valence-electron chi connectivity index (χ3n) is 4.74. The lowest BCUT2D eigenvalue weighted by molar-refractivity contribution is -0.132. The van der Waals surface area contributed by atoms with Gasteiger partial charge < -0.3 is 14.5 Å². The Morgan fingerprint density at radius 2 is 1.68 bits per heavy atom. The number of halogens is 2. The topological polar surface area (TPSA) is 49.9 Å². The van der Waals surface area contributed by atoms with Crippen molar-refractivity contribution in [3.63, 3.8) is 0 Å². The van der Waals surface area contributed by atoms with Crippen LogP contribution in [0.1, 0.15) is 29.3 Å². The highest BCUT2D eigenvalue weighted by molar-refractivity contribution is 6.35. The molecule has 1 aliphatic rings. The van der Waals surface area contributed by atoms with E-state index in [-0.39, 0.29) is 18.4 Å². The average Bonchev–Trinajstić information content (AvgIpc) is 2.72. The third-order valence-corrected chi connectivity index (χ3v) is 5.32. The maximum atomic E-state index is 13.0. The first-order valence-electron chi connectivity index (χ1n) is 9.22. The Labute approximate surface area is 174 Å². The van der Waals surface area contributed by atoms with Gasteiger partial charge in [0.15, 0.2) is 0 Å². The summed E-state index contributed by atoms with van der Waals surface area (Å²) in [5.41, 5.74) is 1.29. The van der Waals surface area contributed by atoms with Crippen LogP contribution in [0, 0.1) is 0 Å². The molecule has 1 heterocycles. The Kier molecular flexibility index (Phi) is 6.81. The van der Waals surface area contributed by atoms with Gasteiger partial charge in [0, 0.05) is 48.2 Å². The van der Waals surface area contributed by atoms with E-state index in [2.05, 4.69) is 0 Å². The van der Waals surface area contributed by atoms with Gasteiger partial charge in [-0.15, -0.1) is 0 Å². The number of carbonyl (C=O) groups is 2. The van der Waals surface area contributed by atoms with E-state index in [4.69, 9.17) is 27.9 Å². The molecule has 0 aliphatic carbocycles. The number of hydrogen-bond acceptors (Lipinski definition) is 3. The number of piperazine rings is 1. The van der Waals surface area contributed by atoms with Crippen LogP contribution >= 0.6 is 23.2 Å². The van der Waals surface area contributed by atoms with E-state index in [0.29, 0.717) is 54.0 Å². The first-order valence-corrected chi connectivity index (χ1v) is 9.98. The molecule has 2 aromatic rings. The largest absolute Gasteiger partial charge is 0.488 e. The molecule has 3 rings (SSSR count). The summed E-state index contributed by atoms with van der Waals surface area (Å²) in [6, 6.07) is 12.4. The lowest BCUT2D eigenvalue weighted by Gasteiger charge is -2.35. The molecule has 28 heavy (non-hydrogen) atoms. The summed E-state index contributed by atoms with van der Waals surface area (Å²) in [4.78, 5) is 28.4. The summed E-state index contributed by atoms with van der Waals surface area (Å²) in [5, 5.41) is 1.08. The van der Waals surface area contributed by atoms with Crippen LogP contribution in [-0.2, 0) is 11.4 Å². The SMILES string of the molecule is CCC(=O)N1CCN(C(=O)c2ccccc2OCc2ccc(Cl)cc2Cl)CC1. The van der Waals surface area contributed by atoms with E-state index >= 15 is 0 Å². The molecule has 1 fully saturated rings. The number of hydrogen-bond donors (Lipinski definition) is 0. The zero-order chi connectivity index (χ0) is 20.1. The summed E-state index contributed by atoms with van der Waals surface area (Å²) in [6.07, 6.45) is 0.484. The molecule has 0 atom stereocenters. The minimum Gasteiger partial charge on any atom is -0.488 e. The smallest absolute Gasteiger partial charge is 0.257 e. The molecule has 0 radical (unpaired) electrons. The lowest BCUT2D eigenvalue weighted by Crippen LogP contribution is -2.50. The molecule has 0 N–H and O–H groups in total. The van der Waals surface area contributed by atoms with Crippen LogP contribution in [0.25, 0.3) is 0 Å². The molecule has 1 saturated heterocycles. The molecule has 2 aromatic carbocycles. The van der Waals surface area contributed by atoms with Gasteiger partial charge in [-0.05, 0) is 24.3 Å². The zero-order valence-corrected chi connectivity index (χ0v) is 17.2. The summed E-state index contributed by atoms with van der Waals surface area (Å²) in [7, 11) is 0. The van der Waals surface area contributed by atoms with Crippen LogP contribution < -0.4 is 4.74 Å². The van der Waals surface area contributed by atoms with Crippen molar-refractivity contribution in [2.45, 2.75) is 20.0 Å². The van der Waals surface area contributed by atoms with Gasteiger partial charge in [-0.1, -0.05) is 48.3 Å². The molecule has 0 saturated carbocycles.